The summed E-state index contributed by atoms with van der Waals surface area (Å²) >= 11 is 0. The first-order valence-corrected chi connectivity index (χ1v) is 11.7. The Morgan fingerprint density at radius 2 is 0.958 bits per heavy atom. The fraction of sp³-hybridized carbons (Fsp3) is 0.625. The van der Waals surface area contributed by atoms with E-state index in [1.807, 2.05) is 24.3 Å². The molecule has 8 heteroatoms. The lowest BCUT2D eigenvalue weighted by Gasteiger charge is -2.21. The third-order valence-electron chi connectivity index (χ3n) is 3.15. The normalized spacial score (nSPS) is 12.5. The highest BCUT2D eigenvalue weighted by atomic mass is 31.2. The molecule has 0 heterocycles. The maximum atomic E-state index is 12.8. The summed E-state index contributed by atoms with van der Waals surface area (Å²) < 4.78 is 47.0. The summed E-state index contributed by atoms with van der Waals surface area (Å²) in [4.78, 5) is 0. The molecule has 1 aromatic rings. The van der Waals surface area contributed by atoms with Gasteiger partial charge in [0.15, 0.2) is 0 Å². The Hall–Kier alpha value is -0.480. The van der Waals surface area contributed by atoms with E-state index in [1.165, 1.54) is 0 Å². The average molecular weight is 378 g/mol. The topological polar surface area (TPSA) is 71.1 Å². The summed E-state index contributed by atoms with van der Waals surface area (Å²) in [6.07, 6.45) is 0.256. The SMILES string of the molecule is CCOP(=O)(Cc1ccccc1CP(=O)(OCC)OCC)OCC. The first-order valence-electron chi connectivity index (χ1n) is 8.25. The Morgan fingerprint density at radius 1 is 0.667 bits per heavy atom. The van der Waals surface area contributed by atoms with E-state index in [9.17, 15) is 9.13 Å². The molecule has 0 spiro atoms. The van der Waals surface area contributed by atoms with Crippen LogP contribution in [0.3, 0.4) is 0 Å². The van der Waals surface area contributed by atoms with Crippen molar-refractivity contribution < 1.29 is 27.2 Å². The number of rotatable bonds is 12. The minimum Gasteiger partial charge on any atom is -0.309 e. The highest BCUT2D eigenvalue weighted by Gasteiger charge is 2.29. The van der Waals surface area contributed by atoms with Gasteiger partial charge in [-0.3, -0.25) is 9.13 Å². The number of benzene rings is 1. The summed E-state index contributed by atoms with van der Waals surface area (Å²) in [6.45, 7) is 8.30. The smallest absolute Gasteiger partial charge is 0.309 e. The minimum atomic E-state index is -3.24. The second-order valence-electron chi connectivity index (χ2n) is 4.98. The predicted octanol–water partition coefficient (Wildman–Crippen LogP) is 5.22. The second kappa shape index (κ2) is 10.5. The summed E-state index contributed by atoms with van der Waals surface area (Å²) in [7, 11) is -6.47. The van der Waals surface area contributed by atoms with Crippen LogP contribution in [0, 0.1) is 0 Å². The van der Waals surface area contributed by atoms with E-state index >= 15 is 0 Å². The molecule has 0 atom stereocenters. The van der Waals surface area contributed by atoms with Crippen LogP contribution in [-0.2, 0) is 39.5 Å². The Morgan fingerprint density at radius 3 is 1.21 bits per heavy atom. The lowest BCUT2D eigenvalue weighted by Crippen LogP contribution is -2.04. The van der Waals surface area contributed by atoms with Crippen molar-refractivity contribution in [3.63, 3.8) is 0 Å². The Bertz CT molecular complexity index is 519. The minimum absolute atomic E-state index is 0.128. The van der Waals surface area contributed by atoms with Gasteiger partial charge in [-0.1, -0.05) is 24.3 Å². The molecular formula is C16H28O6P2. The molecule has 0 saturated heterocycles. The molecule has 0 aliphatic carbocycles. The van der Waals surface area contributed by atoms with E-state index in [4.69, 9.17) is 18.1 Å². The molecule has 1 aromatic carbocycles. The first kappa shape index (κ1) is 21.6. The third-order valence-corrected chi connectivity index (χ3v) is 7.21. The Labute approximate surface area is 144 Å². The van der Waals surface area contributed by atoms with Gasteiger partial charge < -0.3 is 18.1 Å². The average Bonchev–Trinajstić information content (AvgIpc) is 2.50. The van der Waals surface area contributed by atoms with E-state index in [-0.39, 0.29) is 12.3 Å². The van der Waals surface area contributed by atoms with E-state index < -0.39 is 15.2 Å². The van der Waals surface area contributed by atoms with Crippen LogP contribution in [0.2, 0.25) is 0 Å². The molecule has 1 rings (SSSR count). The van der Waals surface area contributed by atoms with Crippen LogP contribution in [0.25, 0.3) is 0 Å². The zero-order valence-electron chi connectivity index (χ0n) is 14.9. The van der Waals surface area contributed by atoms with Crippen molar-refractivity contribution in [1.29, 1.82) is 0 Å². The summed E-state index contributed by atoms with van der Waals surface area (Å²) in [6, 6.07) is 7.35. The van der Waals surface area contributed by atoms with Crippen LogP contribution in [0.1, 0.15) is 38.8 Å². The molecule has 6 nitrogen and oxygen atoms in total. The van der Waals surface area contributed by atoms with Crippen molar-refractivity contribution in [3.8, 4) is 0 Å². The van der Waals surface area contributed by atoms with Gasteiger partial charge in [-0.15, -0.1) is 0 Å². The molecule has 0 N–H and O–H groups in total. The van der Waals surface area contributed by atoms with Crippen molar-refractivity contribution in [3.05, 3.63) is 35.4 Å². The Balaban J connectivity index is 3.06. The van der Waals surface area contributed by atoms with Gasteiger partial charge in [0.05, 0.1) is 38.8 Å². The van der Waals surface area contributed by atoms with Crippen molar-refractivity contribution >= 4 is 15.2 Å². The van der Waals surface area contributed by atoms with Gasteiger partial charge in [-0.25, -0.2) is 0 Å². The summed E-state index contributed by atoms with van der Waals surface area (Å²) in [5.74, 6) is 0. The van der Waals surface area contributed by atoms with Crippen molar-refractivity contribution in [2.75, 3.05) is 26.4 Å². The van der Waals surface area contributed by atoms with Crippen molar-refractivity contribution in [2.45, 2.75) is 40.0 Å². The van der Waals surface area contributed by atoms with Gasteiger partial charge in [-0.2, -0.15) is 0 Å². The molecule has 0 aliphatic heterocycles. The lowest BCUT2D eigenvalue weighted by molar-refractivity contribution is 0.217. The highest BCUT2D eigenvalue weighted by molar-refractivity contribution is 7.53. The molecule has 0 radical (unpaired) electrons. The van der Waals surface area contributed by atoms with Crippen molar-refractivity contribution in [2.24, 2.45) is 0 Å². The molecule has 0 unspecified atom stereocenters. The van der Waals surface area contributed by atoms with E-state index in [2.05, 4.69) is 0 Å². The lowest BCUT2D eigenvalue weighted by atomic mass is 10.1. The third kappa shape index (κ3) is 6.79. The van der Waals surface area contributed by atoms with Gasteiger partial charge in [0, 0.05) is 0 Å². The van der Waals surface area contributed by atoms with Gasteiger partial charge >= 0.3 is 15.2 Å². The first-order chi connectivity index (χ1) is 11.4. The molecule has 0 aromatic heterocycles. The zero-order valence-corrected chi connectivity index (χ0v) is 16.7. The molecule has 24 heavy (non-hydrogen) atoms. The molecule has 138 valence electrons. The monoisotopic (exact) mass is 378 g/mol. The predicted molar refractivity (Wildman–Crippen MR) is 95.6 cm³/mol. The maximum Gasteiger partial charge on any atom is 0.335 e. The van der Waals surface area contributed by atoms with E-state index in [0.717, 1.165) is 11.1 Å². The largest absolute Gasteiger partial charge is 0.335 e. The molecular weight excluding hydrogens is 350 g/mol. The standard InChI is InChI=1S/C16H28O6P2/c1-5-19-23(17,20-6-2)13-15-11-9-10-12-16(15)14-24(18,21-7-3)22-8-4/h9-12H,5-8,13-14H2,1-4H3. The maximum absolute atomic E-state index is 12.8. The molecule has 0 fully saturated rings. The molecule has 0 amide bonds. The highest BCUT2D eigenvalue weighted by Crippen LogP contribution is 2.55. The molecule has 0 aliphatic rings. The second-order valence-corrected chi connectivity index (χ2v) is 9.09. The quantitative estimate of drug-likeness (QED) is 0.465. The van der Waals surface area contributed by atoms with Crippen LogP contribution in [0.4, 0.5) is 0 Å². The molecule has 0 bridgehead atoms. The fourth-order valence-electron chi connectivity index (χ4n) is 2.33. The van der Waals surface area contributed by atoms with E-state index in [0.29, 0.717) is 26.4 Å². The van der Waals surface area contributed by atoms with Gasteiger partial charge in [0.2, 0.25) is 0 Å². The molecule has 0 saturated carbocycles. The van der Waals surface area contributed by atoms with Crippen LogP contribution in [-0.4, -0.2) is 26.4 Å². The van der Waals surface area contributed by atoms with Crippen LogP contribution in [0.15, 0.2) is 24.3 Å². The van der Waals surface area contributed by atoms with Gasteiger partial charge in [0.1, 0.15) is 0 Å². The Kier molecular flexibility index (Phi) is 9.43. The number of hydrogen-bond acceptors (Lipinski definition) is 6. The summed E-state index contributed by atoms with van der Waals surface area (Å²) in [5.41, 5.74) is 1.53. The van der Waals surface area contributed by atoms with Crippen LogP contribution >= 0.6 is 15.2 Å². The van der Waals surface area contributed by atoms with Crippen LogP contribution in [0.5, 0.6) is 0 Å². The fourth-order valence-corrected chi connectivity index (χ4v) is 5.87. The van der Waals surface area contributed by atoms with Crippen LogP contribution < -0.4 is 0 Å². The van der Waals surface area contributed by atoms with Gasteiger partial charge in [0.25, 0.3) is 0 Å². The summed E-state index contributed by atoms with van der Waals surface area (Å²) in [5, 5.41) is 0. The number of hydrogen-bond donors (Lipinski definition) is 0. The van der Waals surface area contributed by atoms with E-state index in [1.54, 1.807) is 27.7 Å². The van der Waals surface area contributed by atoms with Crippen molar-refractivity contribution in [1.82, 2.24) is 0 Å². The van der Waals surface area contributed by atoms with Gasteiger partial charge in [-0.05, 0) is 38.8 Å². The zero-order chi connectivity index (χ0) is 18.1.